The van der Waals surface area contributed by atoms with Gasteiger partial charge in [0.05, 0.1) is 0 Å². The predicted molar refractivity (Wildman–Crippen MR) is 74.3 cm³/mol. The van der Waals surface area contributed by atoms with Crippen LogP contribution in [0.2, 0.25) is 0 Å². The lowest BCUT2D eigenvalue weighted by molar-refractivity contribution is 0.0995. The second kappa shape index (κ2) is 6.19. The second-order valence-electron chi connectivity index (χ2n) is 6.52. The molecule has 1 aliphatic heterocycles. The van der Waals surface area contributed by atoms with Crippen molar-refractivity contribution < 1.29 is 0 Å². The van der Waals surface area contributed by atoms with Crippen LogP contribution in [0.5, 0.6) is 0 Å². The van der Waals surface area contributed by atoms with Crippen molar-refractivity contribution in [3.63, 3.8) is 0 Å². The molecule has 0 radical (unpaired) electrons. The van der Waals surface area contributed by atoms with Crippen molar-refractivity contribution in [2.24, 2.45) is 11.3 Å². The Morgan fingerprint density at radius 3 is 2.65 bits per heavy atom. The van der Waals surface area contributed by atoms with E-state index in [-0.39, 0.29) is 0 Å². The zero-order valence-electron chi connectivity index (χ0n) is 11.8. The summed E-state index contributed by atoms with van der Waals surface area (Å²) in [5.74, 6) is 1.01. The van der Waals surface area contributed by atoms with Crippen molar-refractivity contribution in [1.82, 2.24) is 10.2 Å². The standard InChI is InChI=1S/C15H30N2/c1-3-8-15(9-5-10-16-12-15)13-17(2)11-14-6-4-7-14/h14,16H,3-13H2,1-2H3. The fourth-order valence-electron chi connectivity index (χ4n) is 3.74. The van der Waals surface area contributed by atoms with Crippen LogP contribution in [-0.2, 0) is 0 Å². The van der Waals surface area contributed by atoms with Gasteiger partial charge in [0.15, 0.2) is 0 Å². The van der Waals surface area contributed by atoms with Crippen LogP contribution in [0.25, 0.3) is 0 Å². The molecule has 0 aromatic heterocycles. The zero-order chi connectivity index (χ0) is 12.1. The Kier molecular flexibility index (Phi) is 4.87. The van der Waals surface area contributed by atoms with Gasteiger partial charge in [-0.15, -0.1) is 0 Å². The van der Waals surface area contributed by atoms with Gasteiger partial charge in [-0.25, -0.2) is 0 Å². The van der Waals surface area contributed by atoms with E-state index < -0.39 is 0 Å². The van der Waals surface area contributed by atoms with Gasteiger partial charge >= 0.3 is 0 Å². The summed E-state index contributed by atoms with van der Waals surface area (Å²) < 4.78 is 0. The van der Waals surface area contributed by atoms with E-state index in [1.807, 2.05) is 0 Å². The van der Waals surface area contributed by atoms with Gasteiger partial charge in [0.25, 0.3) is 0 Å². The molecule has 0 aromatic rings. The van der Waals surface area contributed by atoms with E-state index in [4.69, 9.17) is 0 Å². The molecule has 0 spiro atoms. The molecule has 0 aromatic carbocycles. The maximum atomic E-state index is 3.62. The first kappa shape index (κ1) is 13.4. The minimum absolute atomic E-state index is 0.575. The molecule has 2 nitrogen and oxygen atoms in total. The summed E-state index contributed by atoms with van der Waals surface area (Å²) in [7, 11) is 2.34. The van der Waals surface area contributed by atoms with E-state index in [0.717, 1.165) is 5.92 Å². The molecule has 1 unspecified atom stereocenters. The maximum absolute atomic E-state index is 3.62. The lowest BCUT2D eigenvalue weighted by Crippen LogP contribution is -2.47. The van der Waals surface area contributed by atoms with Gasteiger partial charge in [0.1, 0.15) is 0 Å². The molecule has 0 bridgehead atoms. The number of nitrogens with one attached hydrogen (secondary N) is 1. The minimum atomic E-state index is 0.575. The Bertz CT molecular complexity index is 211. The second-order valence-corrected chi connectivity index (χ2v) is 6.52. The highest BCUT2D eigenvalue weighted by Gasteiger charge is 2.33. The molecule has 1 heterocycles. The SMILES string of the molecule is CCCC1(CN(C)CC2CCC2)CCCNC1. The average Bonchev–Trinajstić information content (AvgIpc) is 2.25. The monoisotopic (exact) mass is 238 g/mol. The normalized spacial score (nSPS) is 30.5. The van der Waals surface area contributed by atoms with E-state index >= 15 is 0 Å². The van der Waals surface area contributed by atoms with Crippen LogP contribution in [0.3, 0.4) is 0 Å². The van der Waals surface area contributed by atoms with Gasteiger partial charge in [0.2, 0.25) is 0 Å². The number of hydrogen-bond donors (Lipinski definition) is 1. The fourth-order valence-corrected chi connectivity index (χ4v) is 3.74. The van der Waals surface area contributed by atoms with Crippen LogP contribution in [-0.4, -0.2) is 38.1 Å². The quantitative estimate of drug-likeness (QED) is 0.765. The molecule has 1 saturated carbocycles. The van der Waals surface area contributed by atoms with E-state index in [0.29, 0.717) is 5.41 Å². The molecule has 2 heteroatoms. The number of nitrogens with zero attached hydrogens (tertiary/aromatic N) is 1. The molecular weight excluding hydrogens is 208 g/mol. The third-order valence-electron chi connectivity index (χ3n) is 4.74. The van der Waals surface area contributed by atoms with Gasteiger partial charge in [-0.3, -0.25) is 0 Å². The van der Waals surface area contributed by atoms with Gasteiger partial charge in [-0.2, -0.15) is 0 Å². The summed E-state index contributed by atoms with van der Waals surface area (Å²) in [5.41, 5.74) is 0.575. The van der Waals surface area contributed by atoms with E-state index in [2.05, 4.69) is 24.2 Å². The first-order chi connectivity index (χ1) is 8.24. The van der Waals surface area contributed by atoms with Crippen molar-refractivity contribution >= 4 is 0 Å². The Balaban J connectivity index is 1.82. The topological polar surface area (TPSA) is 15.3 Å². The predicted octanol–water partition coefficient (Wildman–Crippen LogP) is 2.89. The molecule has 17 heavy (non-hydrogen) atoms. The van der Waals surface area contributed by atoms with E-state index in [1.165, 1.54) is 71.1 Å². The molecule has 1 N–H and O–H groups in total. The fraction of sp³-hybridized carbons (Fsp3) is 1.00. The highest BCUT2D eigenvalue weighted by atomic mass is 15.1. The van der Waals surface area contributed by atoms with Crippen LogP contribution >= 0.6 is 0 Å². The number of rotatable bonds is 6. The summed E-state index contributed by atoms with van der Waals surface area (Å²) in [6.45, 7) is 7.46. The summed E-state index contributed by atoms with van der Waals surface area (Å²) in [4.78, 5) is 2.62. The molecule has 1 saturated heterocycles. The van der Waals surface area contributed by atoms with Crippen molar-refractivity contribution in [2.75, 3.05) is 33.2 Å². The first-order valence-corrected chi connectivity index (χ1v) is 7.63. The van der Waals surface area contributed by atoms with Crippen molar-refractivity contribution in [2.45, 2.75) is 51.9 Å². The third kappa shape index (κ3) is 3.69. The molecular formula is C15H30N2. The molecule has 2 rings (SSSR count). The Morgan fingerprint density at radius 2 is 2.12 bits per heavy atom. The lowest BCUT2D eigenvalue weighted by Gasteiger charge is -2.42. The van der Waals surface area contributed by atoms with Gasteiger partial charge < -0.3 is 10.2 Å². The average molecular weight is 238 g/mol. The minimum Gasteiger partial charge on any atom is -0.316 e. The smallest absolute Gasteiger partial charge is 0.00472 e. The molecule has 2 fully saturated rings. The maximum Gasteiger partial charge on any atom is 0.00472 e. The van der Waals surface area contributed by atoms with E-state index in [1.54, 1.807) is 0 Å². The van der Waals surface area contributed by atoms with Crippen LogP contribution in [0.15, 0.2) is 0 Å². The Labute approximate surface area is 107 Å². The summed E-state index contributed by atoms with van der Waals surface area (Å²) >= 11 is 0. The first-order valence-electron chi connectivity index (χ1n) is 7.63. The molecule has 100 valence electrons. The summed E-state index contributed by atoms with van der Waals surface area (Å²) in [5, 5.41) is 3.62. The molecule has 1 atom stereocenters. The third-order valence-corrected chi connectivity index (χ3v) is 4.74. The van der Waals surface area contributed by atoms with Gasteiger partial charge in [-0.05, 0) is 57.0 Å². The molecule has 2 aliphatic rings. The Hall–Kier alpha value is -0.0800. The van der Waals surface area contributed by atoms with Gasteiger partial charge in [-0.1, -0.05) is 19.8 Å². The van der Waals surface area contributed by atoms with Crippen LogP contribution in [0.1, 0.15) is 51.9 Å². The highest BCUT2D eigenvalue weighted by Crippen LogP contribution is 2.33. The van der Waals surface area contributed by atoms with Crippen LogP contribution in [0.4, 0.5) is 0 Å². The zero-order valence-corrected chi connectivity index (χ0v) is 11.8. The summed E-state index contributed by atoms with van der Waals surface area (Å²) in [6, 6.07) is 0. The largest absolute Gasteiger partial charge is 0.316 e. The van der Waals surface area contributed by atoms with Crippen LogP contribution in [0, 0.1) is 11.3 Å². The Morgan fingerprint density at radius 1 is 1.29 bits per heavy atom. The van der Waals surface area contributed by atoms with Crippen molar-refractivity contribution in [3.8, 4) is 0 Å². The molecule has 0 amide bonds. The highest BCUT2D eigenvalue weighted by molar-refractivity contribution is 4.88. The number of hydrogen-bond acceptors (Lipinski definition) is 2. The number of piperidine rings is 1. The van der Waals surface area contributed by atoms with Gasteiger partial charge in [0, 0.05) is 19.6 Å². The summed E-state index contributed by atoms with van der Waals surface area (Å²) in [6.07, 6.45) is 9.96. The van der Waals surface area contributed by atoms with Crippen LogP contribution < -0.4 is 5.32 Å². The van der Waals surface area contributed by atoms with Crippen molar-refractivity contribution in [3.05, 3.63) is 0 Å². The van der Waals surface area contributed by atoms with E-state index in [9.17, 15) is 0 Å². The van der Waals surface area contributed by atoms with Crippen molar-refractivity contribution in [1.29, 1.82) is 0 Å². The molecule has 1 aliphatic carbocycles. The lowest BCUT2D eigenvalue weighted by atomic mass is 9.76.